The number of aromatic nitrogens is 2. The van der Waals surface area contributed by atoms with E-state index in [1.165, 1.54) is 0 Å². The molecule has 3 heterocycles. The second-order valence-electron chi connectivity index (χ2n) is 6.37. The predicted octanol–water partition coefficient (Wildman–Crippen LogP) is 4.67. The molecule has 4 nitrogen and oxygen atoms in total. The average Bonchev–Trinajstić information content (AvgIpc) is 2.73. The second kappa shape index (κ2) is 6.28. The van der Waals surface area contributed by atoms with E-state index in [2.05, 4.69) is 4.98 Å². The van der Waals surface area contributed by atoms with Crippen molar-refractivity contribution in [2.45, 2.75) is 10.6 Å². The molecular weight excluding hydrogens is 356 g/mol. The van der Waals surface area contributed by atoms with E-state index in [1.54, 1.807) is 29.6 Å². The lowest BCUT2D eigenvalue weighted by Gasteiger charge is -2.23. The van der Waals surface area contributed by atoms with Crippen molar-refractivity contribution in [3.8, 4) is 22.6 Å². The Hall–Kier alpha value is -3.05. The number of methoxy groups -OCH3 is 1. The van der Waals surface area contributed by atoms with Crippen molar-refractivity contribution >= 4 is 22.8 Å². The highest BCUT2D eigenvalue weighted by atomic mass is 32.2. The van der Waals surface area contributed by atoms with Crippen molar-refractivity contribution < 1.29 is 4.74 Å². The zero-order chi connectivity index (χ0) is 18.4. The highest BCUT2D eigenvalue weighted by molar-refractivity contribution is 7.99. The van der Waals surface area contributed by atoms with E-state index in [9.17, 15) is 4.79 Å². The van der Waals surface area contributed by atoms with Gasteiger partial charge in [-0.25, -0.2) is 4.98 Å². The molecule has 4 aromatic rings. The molecule has 0 atom stereocenters. The molecular formula is C22H16N2O2S. The predicted molar refractivity (Wildman–Crippen MR) is 109 cm³/mol. The van der Waals surface area contributed by atoms with Gasteiger partial charge in [-0.05, 0) is 47.5 Å². The van der Waals surface area contributed by atoms with Crippen LogP contribution in [0.5, 0.6) is 5.75 Å². The third-order valence-corrected chi connectivity index (χ3v) is 6.02. The quantitative estimate of drug-likeness (QED) is 0.513. The lowest BCUT2D eigenvalue weighted by Crippen LogP contribution is -2.23. The zero-order valence-corrected chi connectivity index (χ0v) is 15.5. The van der Waals surface area contributed by atoms with E-state index in [0.29, 0.717) is 5.65 Å². The van der Waals surface area contributed by atoms with Crippen LogP contribution in [0.3, 0.4) is 0 Å². The molecule has 5 rings (SSSR count). The molecule has 0 fully saturated rings. The van der Waals surface area contributed by atoms with Gasteiger partial charge < -0.3 is 4.74 Å². The molecule has 0 saturated carbocycles. The summed E-state index contributed by atoms with van der Waals surface area (Å²) in [6.07, 6.45) is 1.74. The molecule has 1 aliphatic rings. The molecule has 0 aliphatic carbocycles. The molecule has 5 heteroatoms. The summed E-state index contributed by atoms with van der Waals surface area (Å²) < 4.78 is 7.08. The summed E-state index contributed by atoms with van der Waals surface area (Å²) in [5, 5.41) is 1.00. The van der Waals surface area contributed by atoms with Crippen LogP contribution in [0.1, 0.15) is 5.56 Å². The van der Waals surface area contributed by atoms with Crippen LogP contribution in [0.15, 0.2) is 76.6 Å². The Morgan fingerprint density at radius 1 is 1.07 bits per heavy atom. The van der Waals surface area contributed by atoms with Gasteiger partial charge in [-0.2, -0.15) is 0 Å². The first-order valence-electron chi connectivity index (χ1n) is 8.67. The summed E-state index contributed by atoms with van der Waals surface area (Å²) in [7, 11) is 1.66. The highest BCUT2D eigenvalue weighted by Crippen LogP contribution is 2.44. The number of benzene rings is 2. The van der Waals surface area contributed by atoms with E-state index >= 15 is 0 Å². The number of rotatable bonds is 2. The molecule has 0 radical (unpaired) electrons. The maximum atomic E-state index is 13.6. The van der Waals surface area contributed by atoms with Crippen LogP contribution >= 0.6 is 11.8 Å². The number of para-hydroxylation sites is 1. The van der Waals surface area contributed by atoms with Gasteiger partial charge in [0.1, 0.15) is 11.4 Å². The minimum absolute atomic E-state index is 0.0407. The largest absolute Gasteiger partial charge is 0.497 e. The minimum atomic E-state index is -0.0407. The van der Waals surface area contributed by atoms with Crippen molar-refractivity contribution in [2.24, 2.45) is 0 Å². The summed E-state index contributed by atoms with van der Waals surface area (Å²) in [4.78, 5) is 19.2. The van der Waals surface area contributed by atoms with Crippen molar-refractivity contribution in [2.75, 3.05) is 7.11 Å². The number of thioether (sulfide) groups is 1. The molecule has 0 bridgehead atoms. The summed E-state index contributed by atoms with van der Waals surface area (Å²) >= 11 is 1.69. The molecule has 1 aliphatic heterocycles. The fraction of sp³-hybridized carbons (Fsp3) is 0.0909. The van der Waals surface area contributed by atoms with Gasteiger partial charge in [0, 0.05) is 22.2 Å². The van der Waals surface area contributed by atoms with Gasteiger partial charge in [0.05, 0.1) is 18.4 Å². The molecule has 0 N–H and O–H groups in total. The van der Waals surface area contributed by atoms with Crippen LogP contribution in [0, 0.1) is 0 Å². The number of ether oxygens (including phenoxy) is 1. The van der Waals surface area contributed by atoms with Gasteiger partial charge in [-0.15, -0.1) is 11.8 Å². The summed E-state index contributed by atoms with van der Waals surface area (Å²) in [5.74, 6) is 1.61. The van der Waals surface area contributed by atoms with E-state index in [1.807, 2.05) is 60.7 Å². The molecule has 0 amide bonds. The highest BCUT2D eigenvalue weighted by Gasteiger charge is 2.25. The Labute approximate surface area is 160 Å². The Bertz CT molecular complexity index is 1230. The van der Waals surface area contributed by atoms with E-state index in [0.717, 1.165) is 44.2 Å². The lowest BCUT2D eigenvalue weighted by atomic mass is 9.99. The van der Waals surface area contributed by atoms with E-state index in [-0.39, 0.29) is 5.56 Å². The molecule has 0 spiro atoms. The average molecular weight is 372 g/mol. The van der Waals surface area contributed by atoms with Crippen molar-refractivity contribution in [3.05, 3.63) is 82.8 Å². The first-order valence-corrected chi connectivity index (χ1v) is 9.66. The standard InChI is InChI=1S/C22H16N2O2S/c1-26-16-9-10-17-14(12-16)13-27-20-18-8-5-11-23-21(18)24(22(25)19(17)20)15-6-3-2-4-7-15/h2-12H,13H2,1H3. The smallest absolute Gasteiger partial charge is 0.265 e. The van der Waals surface area contributed by atoms with E-state index < -0.39 is 0 Å². The Kier molecular flexibility index (Phi) is 3.76. The fourth-order valence-electron chi connectivity index (χ4n) is 3.61. The van der Waals surface area contributed by atoms with Gasteiger partial charge in [-0.3, -0.25) is 9.36 Å². The molecule has 0 saturated heterocycles. The summed E-state index contributed by atoms with van der Waals surface area (Å²) in [5.41, 5.74) is 4.31. The van der Waals surface area contributed by atoms with Gasteiger partial charge >= 0.3 is 0 Å². The SMILES string of the molecule is COc1ccc2c(c1)CSc1c-2c(=O)n(-c2ccccc2)c2ncccc12. The van der Waals surface area contributed by atoms with Crippen LogP contribution < -0.4 is 10.3 Å². The molecule has 27 heavy (non-hydrogen) atoms. The van der Waals surface area contributed by atoms with Crippen LogP contribution in [0.25, 0.3) is 27.8 Å². The Balaban J connectivity index is 1.91. The molecule has 132 valence electrons. The van der Waals surface area contributed by atoms with Crippen LogP contribution in [0.4, 0.5) is 0 Å². The maximum Gasteiger partial charge on any atom is 0.265 e. The third kappa shape index (κ3) is 2.46. The second-order valence-corrected chi connectivity index (χ2v) is 7.35. The van der Waals surface area contributed by atoms with Crippen LogP contribution in [-0.2, 0) is 5.75 Å². The summed E-state index contributed by atoms with van der Waals surface area (Å²) in [6.45, 7) is 0. The number of hydrogen-bond acceptors (Lipinski definition) is 4. The van der Waals surface area contributed by atoms with Crippen molar-refractivity contribution in [1.82, 2.24) is 9.55 Å². The lowest BCUT2D eigenvalue weighted by molar-refractivity contribution is 0.414. The van der Waals surface area contributed by atoms with E-state index in [4.69, 9.17) is 4.74 Å². The normalized spacial score (nSPS) is 12.5. The minimum Gasteiger partial charge on any atom is -0.497 e. The first-order chi connectivity index (χ1) is 13.3. The number of pyridine rings is 2. The molecule has 2 aromatic heterocycles. The van der Waals surface area contributed by atoms with Gasteiger partial charge in [0.2, 0.25) is 0 Å². The topological polar surface area (TPSA) is 44.1 Å². The zero-order valence-electron chi connectivity index (χ0n) is 14.7. The van der Waals surface area contributed by atoms with Crippen molar-refractivity contribution in [3.63, 3.8) is 0 Å². The van der Waals surface area contributed by atoms with Crippen LogP contribution in [0.2, 0.25) is 0 Å². The van der Waals surface area contributed by atoms with Gasteiger partial charge in [0.15, 0.2) is 0 Å². The monoisotopic (exact) mass is 372 g/mol. The van der Waals surface area contributed by atoms with Gasteiger partial charge in [0.25, 0.3) is 5.56 Å². The first kappa shape index (κ1) is 16.1. The maximum absolute atomic E-state index is 13.6. The Morgan fingerprint density at radius 3 is 2.74 bits per heavy atom. The third-order valence-electron chi connectivity index (χ3n) is 4.86. The van der Waals surface area contributed by atoms with Crippen molar-refractivity contribution in [1.29, 1.82) is 0 Å². The van der Waals surface area contributed by atoms with Gasteiger partial charge in [-0.1, -0.05) is 24.3 Å². The number of hydrogen-bond donors (Lipinski definition) is 0. The number of nitrogens with zero attached hydrogens (tertiary/aromatic N) is 2. The van der Waals surface area contributed by atoms with Crippen LogP contribution in [-0.4, -0.2) is 16.7 Å². The molecule has 0 unspecified atom stereocenters. The Morgan fingerprint density at radius 2 is 1.93 bits per heavy atom. The fourth-order valence-corrected chi connectivity index (χ4v) is 4.80. The number of fused-ring (bicyclic) bond motifs is 5. The molecule has 2 aromatic carbocycles. The summed E-state index contributed by atoms with van der Waals surface area (Å²) in [6, 6.07) is 19.6.